The summed E-state index contributed by atoms with van der Waals surface area (Å²) in [7, 11) is 0. The summed E-state index contributed by atoms with van der Waals surface area (Å²) >= 11 is 0. The lowest BCUT2D eigenvalue weighted by molar-refractivity contribution is 0.102. The number of benzene rings is 2. The van der Waals surface area contributed by atoms with Crippen molar-refractivity contribution in [2.45, 2.75) is 25.7 Å². The normalized spacial score (nSPS) is 14.7. The molecule has 4 nitrogen and oxygen atoms in total. The van der Waals surface area contributed by atoms with Crippen molar-refractivity contribution >= 4 is 11.5 Å². The Bertz CT molecular complexity index is 764. The molecule has 0 heterocycles. The summed E-state index contributed by atoms with van der Waals surface area (Å²) in [5, 5.41) is 17.2. The number of fused-ring (bicyclic) bond motifs is 1. The van der Waals surface area contributed by atoms with Crippen LogP contribution in [-0.4, -0.2) is 10.9 Å². The Balaban J connectivity index is 1.82. The monoisotopic (exact) mass is 306 g/mol. The lowest BCUT2D eigenvalue weighted by atomic mass is 9.89. The highest BCUT2D eigenvalue weighted by atomic mass is 16.2. The van der Waals surface area contributed by atoms with Gasteiger partial charge >= 0.3 is 0 Å². The molecule has 0 radical (unpaired) electrons. The number of aryl methyl sites for hydroxylation is 2. The Labute approximate surface area is 135 Å². The molecule has 0 fully saturated rings. The van der Waals surface area contributed by atoms with Crippen LogP contribution < -0.4 is 0 Å². The molecule has 116 valence electrons. The van der Waals surface area contributed by atoms with Gasteiger partial charge in [-0.25, -0.2) is 0 Å². The first kappa shape index (κ1) is 15.2. The predicted molar refractivity (Wildman–Crippen MR) is 89.1 cm³/mol. The summed E-state index contributed by atoms with van der Waals surface area (Å²) in [5.74, 6) is -0.319. The fourth-order valence-electron chi connectivity index (χ4n) is 2.76. The molecule has 2 aromatic carbocycles. The molecule has 0 atom stereocenters. The Morgan fingerprint density at radius 3 is 2.48 bits per heavy atom. The molecule has 1 aliphatic rings. The van der Waals surface area contributed by atoms with E-state index in [1.807, 2.05) is 30.3 Å². The van der Waals surface area contributed by atoms with Gasteiger partial charge in [0.2, 0.25) is 5.78 Å². The first-order valence-electron chi connectivity index (χ1n) is 7.75. The van der Waals surface area contributed by atoms with E-state index in [2.05, 4.69) is 10.2 Å². The van der Waals surface area contributed by atoms with E-state index in [0.29, 0.717) is 17.5 Å². The number of Topliss-reactive ketones (excluding diaryl/α,β-unsaturated/α-hetero) is 1. The number of hydrogen-bond donors (Lipinski definition) is 1. The van der Waals surface area contributed by atoms with Crippen LogP contribution >= 0.6 is 0 Å². The average molecular weight is 306 g/mol. The van der Waals surface area contributed by atoms with E-state index in [9.17, 15) is 9.90 Å². The summed E-state index contributed by atoms with van der Waals surface area (Å²) in [5.41, 5.74) is 3.64. The lowest BCUT2D eigenvalue weighted by Gasteiger charge is -2.16. The van der Waals surface area contributed by atoms with Crippen LogP contribution in [0.3, 0.4) is 0 Å². The van der Waals surface area contributed by atoms with Gasteiger partial charge in [-0.15, -0.1) is 5.11 Å². The second-order valence-electron chi connectivity index (χ2n) is 5.57. The third kappa shape index (κ3) is 3.54. The Morgan fingerprint density at radius 1 is 1.00 bits per heavy atom. The van der Waals surface area contributed by atoms with Crippen molar-refractivity contribution in [1.82, 2.24) is 0 Å². The minimum Gasteiger partial charge on any atom is -0.513 e. The van der Waals surface area contributed by atoms with Crippen LogP contribution in [0.5, 0.6) is 0 Å². The second-order valence-corrected chi connectivity index (χ2v) is 5.57. The number of aliphatic hydroxyl groups is 1. The molecular formula is C19H18N2O2. The number of carbonyl (C=O) groups is 1. The number of rotatable bonds is 4. The van der Waals surface area contributed by atoms with Crippen molar-refractivity contribution in [1.29, 1.82) is 0 Å². The van der Waals surface area contributed by atoms with Crippen molar-refractivity contribution < 1.29 is 9.90 Å². The Morgan fingerprint density at radius 2 is 1.74 bits per heavy atom. The van der Waals surface area contributed by atoms with Crippen LogP contribution in [-0.2, 0) is 12.8 Å². The molecule has 23 heavy (non-hydrogen) atoms. The van der Waals surface area contributed by atoms with Crippen LogP contribution in [0, 0.1) is 0 Å². The molecule has 0 aliphatic heterocycles. The van der Waals surface area contributed by atoms with Crippen molar-refractivity contribution in [3.05, 3.63) is 77.2 Å². The number of carbonyl (C=O) groups excluding carboxylic acids is 1. The second kappa shape index (κ2) is 7.01. The molecule has 0 spiro atoms. The minimum absolute atomic E-state index is 0.0652. The van der Waals surface area contributed by atoms with Gasteiger partial charge in [-0.1, -0.05) is 30.3 Å². The molecule has 1 N–H and O–H groups in total. The highest BCUT2D eigenvalue weighted by Crippen LogP contribution is 2.24. The molecule has 0 aromatic heterocycles. The van der Waals surface area contributed by atoms with E-state index < -0.39 is 0 Å². The van der Waals surface area contributed by atoms with Crippen molar-refractivity contribution in [3.63, 3.8) is 0 Å². The highest BCUT2D eigenvalue weighted by molar-refractivity contribution is 6.08. The maximum Gasteiger partial charge on any atom is 0.216 e. The van der Waals surface area contributed by atoms with E-state index in [-0.39, 0.29) is 11.5 Å². The van der Waals surface area contributed by atoms with Gasteiger partial charge in [-0.3, -0.25) is 4.79 Å². The third-order valence-electron chi connectivity index (χ3n) is 4.00. The highest BCUT2D eigenvalue weighted by Gasteiger charge is 2.16. The standard InChI is InChI=1S/C19H18N2O2/c22-13-18(21-20-17-8-2-1-3-9-17)19(23)16-11-10-14-6-4-5-7-15(14)12-16/h1-3,8-13,22H,4-7H2/b18-13-,21-20?. The topological polar surface area (TPSA) is 62.0 Å². The van der Waals surface area contributed by atoms with Crippen molar-refractivity contribution in [2.24, 2.45) is 10.2 Å². The predicted octanol–water partition coefficient (Wildman–Crippen LogP) is 4.93. The summed E-state index contributed by atoms with van der Waals surface area (Å²) in [6, 6.07) is 14.8. The first-order chi connectivity index (χ1) is 11.3. The van der Waals surface area contributed by atoms with Gasteiger partial charge in [0.15, 0.2) is 5.70 Å². The van der Waals surface area contributed by atoms with Gasteiger partial charge in [0.25, 0.3) is 0 Å². The molecular weight excluding hydrogens is 288 g/mol. The van der Waals surface area contributed by atoms with Crippen LogP contribution in [0.1, 0.15) is 34.3 Å². The van der Waals surface area contributed by atoms with E-state index in [4.69, 9.17) is 0 Å². The number of aliphatic hydroxyl groups excluding tert-OH is 1. The average Bonchev–Trinajstić information content (AvgIpc) is 2.62. The zero-order chi connectivity index (χ0) is 16.1. The molecule has 3 rings (SSSR count). The van der Waals surface area contributed by atoms with Gasteiger partial charge in [-0.2, -0.15) is 5.11 Å². The maximum atomic E-state index is 12.5. The number of allylic oxidation sites excluding steroid dienone is 1. The van der Waals surface area contributed by atoms with Crippen LogP contribution in [0.15, 0.2) is 70.7 Å². The quantitative estimate of drug-likeness (QED) is 0.377. The molecule has 0 unspecified atom stereocenters. The fraction of sp³-hybridized carbons (Fsp3) is 0.211. The minimum atomic E-state index is -0.319. The van der Waals surface area contributed by atoms with E-state index in [1.165, 1.54) is 17.5 Å². The molecule has 0 saturated heterocycles. The first-order valence-corrected chi connectivity index (χ1v) is 7.75. The fourth-order valence-corrected chi connectivity index (χ4v) is 2.76. The summed E-state index contributed by atoms with van der Waals surface area (Å²) < 4.78 is 0. The molecule has 0 bridgehead atoms. The molecule has 2 aromatic rings. The van der Waals surface area contributed by atoms with E-state index in [1.54, 1.807) is 18.2 Å². The molecule has 0 amide bonds. The number of hydrogen-bond acceptors (Lipinski definition) is 4. The number of ketones is 1. The van der Waals surface area contributed by atoms with Gasteiger partial charge in [0, 0.05) is 5.56 Å². The molecule has 1 aliphatic carbocycles. The zero-order valence-corrected chi connectivity index (χ0v) is 12.8. The largest absolute Gasteiger partial charge is 0.513 e. The van der Waals surface area contributed by atoms with Gasteiger partial charge in [0.05, 0.1) is 5.69 Å². The molecule has 0 saturated carbocycles. The maximum absolute atomic E-state index is 12.5. The number of azo groups is 1. The molecule has 4 heteroatoms. The zero-order valence-electron chi connectivity index (χ0n) is 12.8. The van der Waals surface area contributed by atoms with Crippen molar-refractivity contribution in [3.8, 4) is 0 Å². The van der Waals surface area contributed by atoms with Crippen molar-refractivity contribution in [2.75, 3.05) is 0 Å². The summed E-state index contributed by atoms with van der Waals surface area (Å²) in [4.78, 5) is 12.5. The van der Waals surface area contributed by atoms with Crippen LogP contribution in [0.25, 0.3) is 0 Å². The third-order valence-corrected chi connectivity index (χ3v) is 4.00. The summed E-state index contributed by atoms with van der Waals surface area (Å²) in [6.45, 7) is 0. The van der Waals surface area contributed by atoms with Crippen LogP contribution in [0.2, 0.25) is 0 Å². The van der Waals surface area contributed by atoms with Gasteiger partial charge < -0.3 is 5.11 Å². The Hall–Kier alpha value is -2.75. The number of nitrogens with zero attached hydrogens (tertiary/aromatic N) is 2. The van der Waals surface area contributed by atoms with E-state index >= 15 is 0 Å². The van der Waals surface area contributed by atoms with Gasteiger partial charge in [-0.05, 0) is 55.0 Å². The van der Waals surface area contributed by atoms with Gasteiger partial charge in [0.1, 0.15) is 6.26 Å². The lowest BCUT2D eigenvalue weighted by Crippen LogP contribution is -2.07. The summed E-state index contributed by atoms with van der Waals surface area (Å²) in [6.07, 6.45) is 5.14. The Kier molecular flexibility index (Phi) is 4.62. The van der Waals surface area contributed by atoms with E-state index in [0.717, 1.165) is 19.3 Å². The van der Waals surface area contributed by atoms with Crippen LogP contribution in [0.4, 0.5) is 5.69 Å². The SMILES string of the molecule is O=C(/C(=C/O)N=Nc1ccccc1)c1ccc2c(c1)CCCC2. The smallest absolute Gasteiger partial charge is 0.216 e.